The zero-order valence-electron chi connectivity index (χ0n) is 9.76. The van der Waals surface area contributed by atoms with E-state index < -0.39 is 0 Å². The highest BCUT2D eigenvalue weighted by atomic mass is 35.5. The summed E-state index contributed by atoms with van der Waals surface area (Å²) < 4.78 is 13.1. The lowest BCUT2D eigenvalue weighted by atomic mass is 9.78. The molecule has 16 heavy (non-hydrogen) atoms. The van der Waals surface area contributed by atoms with Crippen molar-refractivity contribution in [2.24, 2.45) is 5.41 Å². The Morgan fingerprint density at radius 1 is 1.31 bits per heavy atom. The normalized spacial score (nSPS) is 11.8. The fourth-order valence-corrected chi connectivity index (χ4v) is 2.05. The lowest BCUT2D eigenvalue weighted by molar-refractivity contribution is 0.115. The van der Waals surface area contributed by atoms with E-state index in [0.29, 0.717) is 11.4 Å². The first kappa shape index (κ1) is 13.5. The summed E-state index contributed by atoms with van der Waals surface area (Å²) in [6, 6.07) is 4.38. The van der Waals surface area contributed by atoms with Crippen LogP contribution in [0, 0.1) is 11.2 Å². The molecule has 0 saturated carbocycles. The lowest BCUT2D eigenvalue weighted by Crippen LogP contribution is -2.26. The Hall–Kier alpha value is -0.600. The minimum absolute atomic E-state index is 0.104. The van der Waals surface area contributed by atoms with E-state index in [-0.39, 0.29) is 17.8 Å². The topological polar surface area (TPSA) is 20.2 Å². The van der Waals surface area contributed by atoms with Crippen molar-refractivity contribution in [1.29, 1.82) is 0 Å². The first-order valence-corrected chi connectivity index (χ1v) is 5.99. The molecule has 1 N–H and O–H groups in total. The molecule has 90 valence electrons. The van der Waals surface area contributed by atoms with Crippen molar-refractivity contribution in [3.8, 4) is 0 Å². The molecule has 3 heteroatoms. The largest absolute Gasteiger partial charge is 0.396 e. The number of hydrogen-bond donors (Lipinski definition) is 1. The third-order valence-corrected chi connectivity index (χ3v) is 3.78. The zero-order chi connectivity index (χ0) is 12.2. The molecule has 0 amide bonds. The van der Waals surface area contributed by atoms with E-state index in [1.807, 2.05) is 13.8 Å². The van der Waals surface area contributed by atoms with Gasteiger partial charge in [0.2, 0.25) is 0 Å². The van der Waals surface area contributed by atoms with Crippen LogP contribution in [-0.2, 0) is 6.42 Å². The van der Waals surface area contributed by atoms with Gasteiger partial charge in [0, 0.05) is 11.6 Å². The second kappa shape index (κ2) is 5.65. The summed E-state index contributed by atoms with van der Waals surface area (Å²) in [4.78, 5) is 0. The predicted octanol–water partition coefficient (Wildman–Crippen LogP) is 3.82. The summed E-state index contributed by atoms with van der Waals surface area (Å²) in [6.45, 7) is 4.17. The molecule has 0 aliphatic carbocycles. The maximum atomic E-state index is 13.1. The van der Waals surface area contributed by atoms with Crippen LogP contribution in [0.5, 0.6) is 0 Å². The Morgan fingerprint density at radius 2 is 1.94 bits per heavy atom. The van der Waals surface area contributed by atoms with Crippen LogP contribution in [0.2, 0.25) is 5.02 Å². The predicted molar refractivity (Wildman–Crippen MR) is 65.2 cm³/mol. The van der Waals surface area contributed by atoms with Crippen molar-refractivity contribution in [3.63, 3.8) is 0 Å². The number of aliphatic hydroxyl groups excluding tert-OH is 1. The number of rotatable bonds is 5. The van der Waals surface area contributed by atoms with Gasteiger partial charge in [0.1, 0.15) is 5.82 Å². The quantitative estimate of drug-likeness (QED) is 0.835. The molecule has 0 radical (unpaired) electrons. The standard InChI is InChI=1S/C13H18ClFO/c1-3-13(4-2,9-16)8-10-7-11(15)5-6-12(10)14/h5-7,16H,3-4,8-9H2,1-2H3. The van der Waals surface area contributed by atoms with Gasteiger partial charge in [-0.1, -0.05) is 25.4 Å². The van der Waals surface area contributed by atoms with E-state index in [2.05, 4.69) is 0 Å². The van der Waals surface area contributed by atoms with Crippen molar-refractivity contribution < 1.29 is 9.50 Å². The van der Waals surface area contributed by atoms with E-state index in [4.69, 9.17) is 11.6 Å². The Labute approximate surface area is 101 Å². The number of benzene rings is 1. The van der Waals surface area contributed by atoms with Gasteiger partial charge in [-0.15, -0.1) is 0 Å². The molecule has 1 aromatic rings. The van der Waals surface area contributed by atoms with Crippen LogP contribution < -0.4 is 0 Å². The summed E-state index contributed by atoms with van der Waals surface area (Å²) in [7, 11) is 0. The fourth-order valence-electron chi connectivity index (χ4n) is 1.86. The highest BCUT2D eigenvalue weighted by molar-refractivity contribution is 6.31. The van der Waals surface area contributed by atoms with E-state index in [1.54, 1.807) is 6.07 Å². The molecular weight excluding hydrogens is 227 g/mol. The number of hydrogen-bond acceptors (Lipinski definition) is 1. The van der Waals surface area contributed by atoms with Crippen molar-refractivity contribution in [2.75, 3.05) is 6.61 Å². The smallest absolute Gasteiger partial charge is 0.123 e. The molecule has 0 heterocycles. The maximum absolute atomic E-state index is 13.1. The molecule has 0 bridgehead atoms. The van der Waals surface area contributed by atoms with Gasteiger partial charge in [-0.05, 0) is 48.4 Å². The van der Waals surface area contributed by atoms with Gasteiger partial charge in [-0.3, -0.25) is 0 Å². The van der Waals surface area contributed by atoms with Gasteiger partial charge in [-0.25, -0.2) is 4.39 Å². The van der Waals surface area contributed by atoms with E-state index in [0.717, 1.165) is 18.4 Å². The van der Waals surface area contributed by atoms with Gasteiger partial charge in [0.25, 0.3) is 0 Å². The van der Waals surface area contributed by atoms with Crippen LogP contribution in [0.25, 0.3) is 0 Å². The first-order chi connectivity index (χ1) is 7.56. The minimum Gasteiger partial charge on any atom is -0.396 e. The molecule has 0 fully saturated rings. The number of halogens is 2. The third-order valence-electron chi connectivity index (χ3n) is 3.41. The molecule has 1 aromatic carbocycles. The molecule has 0 aromatic heterocycles. The van der Waals surface area contributed by atoms with Gasteiger partial charge < -0.3 is 5.11 Å². The van der Waals surface area contributed by atoms with Crippen LogP contribution in [0.4, 0.5) is 4.39 Å². The van der Waals surface area contributed by atoms with Crippen molar-refractivity contribution in [3.05, 3.63) is 34.6 Å². The van der Waals surface area contributed by atoms with E-state index in [9.17, 15) is 9.50 Å². The van der Waals surface area contributed by atoms with Crippen LogP contribution in [0.1, 0.15) is 32.3 Å². The monoisotopic (exact) mass is 244 g/mol. The molecule has 0 aliphatic heterocycles. The molecule has 1 nitrogen and oxygen atoms in total. The Morgan fingerprint density at radius 3 is 2.44 bits per heavy atom. The van der Waals surface area contributed by atoms with Gasteiger partial charge >= 0.3 is 0 Å². The van der Waals surface area contributed by atoms with Crippen molar-refractivity contribution >= 4 is 11.6 Å². The Kier molecular flexibility index (Phi) is 4.75. The van der Waals surface area contributed by atoms with E-state index >= 15 is 0 Å². The highest BCUT2D eigenvalue weighted by Gasteiger charge is 2.26. The second-order valence-electron chi connectivity index (χ2n) is 4.28. The molecule has 0 saturated heterocycles. The highest BCUT2D eigenvalue weighted by Crippen LogP contribution is 2.33. The molecular formula is C13H18ClFO. The van der Waals surface area contributed by atoms with Crippen molar-refractivity contribution in [2.45, 2.75) is 33.1 Å². The molecule has 0 atom stereocenters. The van der Waals surface area contributed by atoms with Crippen LogP contribution in [0.3, 0.4) is 0 Å². The average Bonchev–Trinajstić information content (AvgIpc) is 2.31. The maximum Gasteiger partial charge on any atom is 0.123 e. The summed E-state index contributed by atoms with van der Waals surface area (Å²) in [5, 5.41) is 10.0. The van der Waals surface area contributed by atoms with E-state index in [1.165, 1.54) is 12.1 Å². The van der Waals surface area contributed by atoms with Crippen LogP contribution in [-0.4, -0.2) is 11.7 Å². The van der Waals surface area contributed by atoms with Gasteiger partial charge in [-0.2, -0.15) is 0 Å². The molecule has 1 rings (SSSR count). The summed E-state index contributed by atoms with van der Waals surface area (Å²) >= 11 is 6.02. The average molecular weight is 245 g/mol. The first-order valence-electron chi connectivity index (χ1n) is 5.61. The summed E-state index contributed by atoms with van der Waals surface area (Å²) in [5.74, 6) is -0.279. The SMILES string of the molecule is CCC(CC)(CO)Cc1cc(F)ccc1Cl. The minimum atomic E-state index is -0.279. The van der Waals surface area contributed by atoms with Crippen molar-refractivity contribution in [1.82, 2.24) is 0 Å². The van der Waals surface area contributed by atoms with Crippen LogP contribution in [0.15, 0.2) is 18.2 Å². The zero-order valence-corrected chi connectivity index (χ0v) is 10.5. The summed E-state index contributed by atoms with van der Waals surface area (Å²) in [6.07, 6.45) is 2.33. The second-order valence-corrected chi connectivity index (χ2v) is 4.68. The number of aliphatic hydroxyl groups is 1. The Balaban J connectivity index is 2.97. The summed E-state index contributed by atoms with van der Waals surface area (Å²) in [5.41, 5.74) is 0.594. The molecule has 0 unspecified atom stereocenters. The van der Waals surface area contributed by atoms with Gasteiger partial charge in [0.05, 0.1) is 0 Å². The molecule has 0 spiro atoms. The third kappa shape index (κ3) is 2.96. The Bertz CT molecular complexity index is 340. The molecule has 0 aliphatic rings. The van der Waals surface area contributed by atoms with Crippen LogP contribution >= 0.6 is 11.6 Å². The lowest BCUT2D eigenvalue weighted by Gasteiger charge is -2.29. The van der Waals surface area contributed by atoms with Gasteiger partial charge in [0.15, 0.2) is 0 Å². The fraction of sp³-hybridized carbons (Fsp3) is 0.538.